The van der Waals surface area contributed by atoms with Crippen molar-refractivity contribution in [3.63, 3.8) is 0 Å². The van der Waals surface area contributed by atoms with Crippen LogP contribution in [-0.4, -0.2) is 13.1 Å². The van der Waals surface area contributed by atoms with Gasteiger partial charge < -0.3 is 5.32 Å². The molecule has 76 valence electrons. The molecule has 1 N–H and O–H groups in total. The quantitative estimate of drug-likeness (QED) is 0.536. The van der Waals surface area contributed by atoms with Crippen LogP contribution in [-0.2, 0) is 6.42 Å². The van der Waals surface area contributed by atoms with Gasteiger partial charge in [-0.1, -0.05) is 35.9 Å². The fourth-order valence-electron chi connectivity index (χ4n) is 1.49. The Bertz CT molecular complexity index is 278. The standard InChI is InChI=1S/C13H19N/c1-3-9-14-10-5-8-13-7-4-6-12(2)11-13/h3-4,6-7,11,14H,1,5,8-10H2,2H3. The maximum absolute atomic E-state index is 3.67. The summed E-state index contributed by atoms with van der Waals surface area (Å²) in [5.74, 6) is 0. The van der Waals surface area contributed by atoms with Gasteiger partial charge in [-0.15, -0.1) is 6.58 Å². The first-order chi connectivity index (χ1) is 6.83. The smallest absolute Gasteiger partial charge is 0.0132 e. The van der Waals surface area contributed by atoms with Gasteiger partial charge in [0.25, 0.3) is 0 Å². The molecule has 0 spiro atoms. The molecule has 0 saturated heterocycles. The van der Waals surface area contributed by atoms with Crippen LogP contribution < -0.4 is 5.32 Å². The van der Waals surface area contributed by atoms with Crippen LogP contribution in [0.1, 0.15) is 17.5 Å². The minimum absolute atomic E-state index is 0.911. The van der Waals surface area contributed by atoms with Crippen molar-refractivity contribution in [2.75, 3.05) is 13.1 Å². The highest BCUT2D eigenvalue weighted by Gasteiger charge is 1.92. The fraction of sp³-hybridized carbons (Fsp3) is 0.385. The normalized spacial score (nSPS) is 10.1. The van der Waals surface area contributed by atoms with Crippen molar-refractivity contribution in [3.8, 4) is 0 Å². The molecule has 0 radical (unpaired) electrons. The van der Waals surface area contributed by atoms with E-state index in [0.717, 1.165) is 19.5 Å². The number of hydrogen-bond acceptors (Lipinski definition) is 1. The third-order valence-electron chi connectivity index (χ3n) is 2.19. The van der Waals surface area contributed by atoms with Gasteiger partial charge in [0.15, 0.2) is 0 Å². The van der Waals surface area contributed by atoms with E-state index in [4.69, 9.17) is 0 Å². The Morgan fingerprint density at radius 3 is 3.00 bits per heavy atom. The molecule has 0 aromatic heterocycles. The lowest BCUT2D eigenvalue weighted by molar-refractivity contribution is 0.693. The van der Waals surface area contributed by atoms with Gasteiger partial charge in [-0.25, -0.2) is 0 Å². The van der Waals surface area contributed by atoms with Gasteiger partial charge in [-0.3, -0.25) is 0 Å². The third-order valence-corrected chi connectivity index (χ3v) is 2.19. The number of aryl methyl sites for hydroxylation is 2. The fourth-order valence-corrected chi connectivity index (χ4v) is 1.49. The molecule has 0 unspecified atom stereocenters. The van der Waals surface area contributed by atoms with Gasteiger partial charge in [0.05, 0.1) is 0 Å². The Kier molecular flexibility index (Phi) is 5.02. The Labute approximate surface area is 86.8 Å². The predicted octanol–water partition coefficient (Wildman–Crippen LogP) is 2.70. The zero-order chi connectivity index (χ0) is 10.2. The van der Waals surface area contributed by atoms with Crippen molar-refractivity contribution < 1.29 is 0 Å². The number of nitrogens with one attached hydrogen (secondary N) is 1. The van der Waals surface area contributed by atoms with Gasteiger partial charge in [0.2, 0.25) is 0 Å². The van der Waals surface area contributed by atoms with E-state index in [-0.39, 0.29) is 0 Å². The average molecular weight is 189 g/mol. The molecule has 1 aromatic carbocycles. The van der Waals surface area contributed by atoms with E-state index in [1.54, 1.807) is 0 Å². The van der Waals surface area contributed by atoms with Crippen molar-refractivity contribution in [2.24, 2.45) is 0 Å². The van der Waals surface area contributed by atoms with Crippen molar-refractivity contribution in [3.05, 3.63) is 48.0 Å². The van der Waals surface area contributed by atoms with Crippen LogP contribution in [0.2, 0.25) is 0 Å². The molecule has 0 aliphatic rings. The Balaban J connectivity index is 2.21. The summed E-state index contributed by atoms with van der Waals surface area (Å²) in [5.41, 5.74) is 2.78. The lowest BCUT2D eigenvalue weighted by Gasteiger charge is -2.03. The first-order valence-corrected chi connectivity index (χ1v) is 5.20. The molecule has 0 bridgehead atoms. The molecule has 0 heterocycles. The first-order valence-electron chi connectivity index (χ1n) is 5.20. The van der Waals surface area contributed by atoms with Crippen molar-refractivity contribution in [1.82, 2.24) is 5.32 Å². The number of hydrogen-bond donors (Lipinski definition) is 1. The first kappa shape index (κ1) is 11.0. The monoisotopic (exact) mass is 189 g/mol. The summed E-state index contributed by atoms with van der Waals surface area (Å²) in [6.07, 6.45) is 4.25. The average Bonchev–Trinajstić information content (AvgIpc) is 2.18. The molecule has 1 aromatic rings. The molecule has 0 aliphatic carbocycles. The van der Waals surface area contributed by atoms with Crippen LogP contribution in [0.15, 0.2) is 36.9 Å². The van der Waals surface area contributed by atoms with Gasteiger partial charge in [0.1, 0.15) is 0 Å². The van der Waals surface area contributed by atoms with E-state index in [0.29, 0.717) is 0 Å². The highest BCUT2D eigenvalue weighted by Crippen LogP contribution is 2.05. The highest BCUT2D eigenvalue weighted by molar-refractivity contribution is 5.22. The Morgan fingerprint density at radius 1 is 1.43 bits per heavy atom. The number of benzene rings is 1. The molecule has 1 heteroatoms. The summed E-state index contributed by atoms with van der Waals surface area (Å²) in [6, 6.07) is 8.72. The van der Waals surface area contributed by atoms with Crippen LogP contribution in [0, 0.1) is 6.92 Å². The van der Waals surface area contributed by atoms with Gasteiger partial charge >= 0.3 is 0 Å². The molecule has 0 amide bonds. The van der Waals surface area contributed by atoms with E-state index >= 15 is 0 Å². The minimum atomic E-state index is 0.911. The molecule has 0 saturated carbocycles. The molecular weight excluding hydrogens is 170 g/mol. The molecule has 0 aliphatic heterocycles. The zero-order valence-electron chi connectivity index (χ0n) is 8.92. The lowest BCUT2D eigenvalue weighted by Crippen LogP contribution is -2.15. The summed E-state index contributed by atoms with van der Waals surface area (Å²) in [5, 5.41) is 3.30. The third kappa shape index (κ3) is 4.24. The zero-order valence-corrected chi connectivity index (χ0v) is 8.92. The van der Waals surface area contributed by atoms with Crippen molar-refractivity contribution >= 4 is 0 Å². The molecule has 14 heavy (non-hydrogen) atoms. The summed E-state index contributed by atoms with van der Waals surface area (Å²) in [6.45, 7) is 7.78. The topological polar surface area (TPSA) is 12.0 Å². The number of rotatable bonds is 6. The van der Waals surface area contributed by atoms with Gasteiger partial charge in [-0.2, -0.15) is 0 Å². The second-order valence-electron chi connectivity index (χ2n) is 3.59. The van der Waals surface area contributed by atoms with Crippen LogP contribution in [0.5, 0.6) is 0 Å². The minimum Gasteiger partial charge on any atom is -0.313 e. The van der Waals surface area contributed by atoms with E-state index in [1.807, 2.05) is 6.08 Å². The van der Waals surface area contributed by atoms with E-state index in [2.05, 4.69) is 43.1 Å². The van der Waals surface area contributed by atoms with Crippen LogP contribution in [0.4, 0.5) is 0 Å². The van der Waals surface area contributed by atoms with E-state index < -0.39 is 0 Å². The van der Waals surface area contributed by atoms with Gasteiger partial charge in [0, 0.05) is 6.54 Å². The SMILES string of the molecule is C=CCNCCCc1cccc(C)c1. The lowest BCUT2D eigenvalue weighted by atomic mass is 10.1. The molecule has 1 nitrogen and oxygen atoms in total. The van der Waals surface area contributed by atoms with Crippen LogP contribution in [0.3, 0.4) is 0 Å². The van der Waals surface area contributed by atoms with E-state index in [1.165, 1.54) is 17.5 Å². The highest BCUT2D eigenvalue weighted by atomic mass is 14.8. The molecule has 1 rings (SSSR count). The van der Waals surface area contributed by atoms with Crippen molar-refractivity contribution in [2.45, 2.75) is 19.8 Å². The largest absolute Gasteiger partial charge is 0.313 e. The van der Waals surface area contributed by atoms with Gasteiger partial charge in [-0.05, 0) is 31.9 Å². The summed E-state index contributed by atoms with van der Waals surface area (Å²) in [4.78, 5) is 0. The Morgan fingerprint density at radius 2 is 2.29 bits per heavy atom. The Hall–Kier alpha value is -1.08. The van der Waals surface area contributed by atoms with Crippen LogP contribution >= 0.6 is 0 Å². The second-order valence-corrected chi connectivity index (χ2v) is 3.59. The summed E-state index contributed by atoms with van der Waals surface area (Å²) in [7, 11) is 0. The summed E-state index contributed by atoms with van der Waals surface area (Å²) < 4.78 is 0. The maximum atomic E-state index is 3.67. The summed E-state index contributed by atoms with van der Waals surface area (Å²) >= 11 is 0. The predicted molar refractivity (Wildman–Crippen MR) is 62.6 cm³/mol. The van der Waals surface area contributed by atoms with Crippen molar-refractivity contribution in [1.29, 1.82) is 0 Å². The second kappa shape index (κ2) is 6.39. The van der Waals surface area contributed by atoms with Crippen LogP contribution in [0.25, 0.3) is 0 Å². The molecular formula is C13H19N. The van der Waals surface area contributed by atoms with E-state index in [9.17, 15) is 0 Å². The molecule has 0 fully saturated rings. The maximum Gasteiger partial charge on any atom is 0.0132 e. The molecule has 0 atom stereocenters.